The molecule has 0 unspecified atom stereocenters. The van der Waals surface area contributed by atoms with E-state index in [1.165, 1.54) is 12.3 Å². The van der Waals surface area contributed by atoms with Crippen molar-refractivity contribution >= 4 is 11.9 Å². The first-order valence-corrected chi connectivity index (χ1v) is 3.71. The fraction of sp³-hybridized carbons (Fsp3) is 0.111. The average Bonchev–Trinajstić information content (AvgIpc) is 2.29. The molecular weight excluding hydrogens is 155 g/mol. The lowest BCUT2D eigenvalue weighted by atomic mass is 10.3. The molecule has 0 atom stereocenters. The lowest BCUT2D eigenvalue weighted by molar-refractivity contribution is 0.747. The Hall–Kier alpha value is -1.51. The van der Waals surface area contributed by atoms with Crippen molar-refractivity contribution in [1.29, 1.82) is 0 Å². The molecule has 2 nitrogen and oxygen atoms in total. The highest BCUT2D eigenvalue weighted by atomic mass is 19.1. The zero-order chi connectivity index (χ0) is 8.39. The van der Waals surface area contributed by atoms with Gasteiger partial charge in [-0.25, -0.2) is 9.37 Å². The number of nitrogens with zero attached hydrogens (tertiary/aromatic N) is 2. The summed E-state index contributed by atoms with van der Waals surface area (Å²) < 4.78 is 13.2. The van der Waals surface area contributed by atoms with E-state index in [0.717, 1.165) is 0 Å². The topological polar surface area (TPSA) is 25.8 Å². The molecule has 1 heterocycles. The zero-order valence-corrected chi connectivity index (χ0v) is 6.37. The van der Waals surface area contributed by atoms with Gasteiger partial charge >= 0.3 is 0 Å². The van der Waals surface area contributed by atoms with Crippen LogP contribution in [0.1, 0.15) is 17.8 Å². The molecular formula is C9H7FN2. The van der Waals surface area contributed by atoms with Crippen LogP contribution in [-0.4, -0.2) is 9.97 Å². The molecule has 0 radical (unpaired) electrons. The maximum atomic E-state index is 13.2. The summed E-state index contributed by atoms with van der Waals surface area (Å²) in [6.45, 7) is 0. The molecule has 1 aliphatic rings. The molecule has 2 rings (SSSR count). The summed E-state index contributed by atoms with van der Waals surface area (Å²) in [5.74, 6) is -0.289. The first-order chi connectivity index (χ1) is 5.88. The molecule has 1 aromatic rings. The molecule has 0 amide bonds. The van der Waals surface area contributed by atoms with E-state index in [9.17, 15) is 4.39 Å². The number of hydrogen-bond donors (Lipinski definition) is 0. The molecule has 0 fully saturated rings. The maximum Gasteiger partial charge on any atom is 0.147 e. The minimum atomic E-state index is -0.289. The SMILES string of the molecule is FC1=CCC=Cc2nccnc21. The van der Waals surface area contributed by atoms with Crippen molar-refractivity contribution in [2.24, 2.45) is 0 Å². The van der Waals surface area contributed by atoms with Crippen LogP contribution in [0.25, 0.3) is 11.9 Å². The third-order valence-electron chi connectivity index (χ3n) is 1.66. The minimum absolute atomic E-state index is 0.289. The van der Waals surface area contributed by atoms with Crippen molar-refractivity contribution in [2.75, 3.05) is 0 Å². The van der Waals surface area contributed by atoms with Crippen molar-refractivity contribution in [1.82, 2.24) is 9.97 Å². The van der Waals surface area contributed by atoms with Gasteiger partial charge in [0.25, 0.3) is 0 Å². The molecule has 1 aliphatic carbocycles. The van der Waals surface area contributed by atoms with Gasteiger partial charge in [0.2, 0.25) is 0 Å². The van der Waals surface area contributed by atoms with Crippen LogP contribution in [0.15, 0.2) is 24.5 Å². The second-order valence-electron chi connectivity index (χ2n) is 2.48. The Labute approximate surface area is 69.5 Å². The minimum Gasteiger partial charge on any atom is -0.253 e. The van der Waals surface area contributed by atoms with E-state index in [1.54, 1.807) is 12.3 Å². The Kier molecular flexibility index (Phi) is 1.70. The van der Waals surface area contributed by atoms with Crippen LogP contribution in [0.5, 0.6) is 0 Å². The predicted octanol–water partition coefficient (Wildman–Crippen LogP) is 2.20. The van der Waals surface area contributed by atoms with Crippen LogP contribution in [0.3, 0.4) is 0 Å². The molecule has 0 N–H and O–H groups in total. The number of fused-ring (bicyclic) bond motifs is 1. The highest BCUT2D eigenvalue weighted by Crippen LogP contribution is 2.20. The number of hydrogen-bond acceptors (Lipinski definition) is 2. The molecule has 3 heteroatoms. The molecule has 0 bridgehead atoms. The van der Waals surface area contributed by atoms with Gasteiger partial charge in [0.1, 0.15) is 11.5 Å². The fourth-order valence-electron chi connectivity index (χ4n) is 1.10. The lowest BCUT2D eigenvalue weighted by Crippen LogP contribution is -1.91. The summed E-state index contributed by atoms with van der Waals surface area (Å²) >= 11 is 0. The van der Waals surface area contributed by atoms with Gasteiger partial charge < -0.3 is 0 Å². The molecule has 0 aliphatic heterocycles. The van der Waals surface area contributed by atoms with Crippen LogP contribution in [0, 0.1) is 0 Å². The van der Waals surface area contributed by atoms with Gasteiger partial charge in [-0.05, 0) is 18.6 Å². The van der Waals surface area contributed by atoms with Gasteiger partial charge in [0, 0.05) is 12.4 Å². The van der Waals surface area contributed by atoms with Gasteiger partial charge in [-0.15, -0.1) is 0 Å². The van der Waals surface area contributed by atoms with Crippen LogP contribution in [0.2, 0.25) is 0 Å². The van der Waals surface area contributed by atoms with Crippen molar-refractivity contribution < 1.29 is 4.39 Å². The summed E-state index contributed by atoms with van der Waals surface area (Å²) in [5.41, 5.74) is 0.940. The average molecular weight is 162 g/mol. The summed E-state index contributed by atoms with van der Waals surface area (Å²) in [6.07, 6.45) is 8.79. The normalized spacial score (nSPS) is 14.9. The van der Waals surface area contributed by atoms with Gasteiger partial charge in [-0.1, -0.05) is 6.08 Å². The van der Waals surface area contributed by atoms with Crippen molar-refractivity contribution in [3.05, 3.63) is 35.9 Å². The van der Waals surface area contributed by atoms with E-state index >= 15 is 0 Å². The Balaban J connectivity index is 2.62. The number of allylic oxidation sites excluding steroid dienone is 2. The standard InChI is InChI=1S/C9H7FN2/c10-7-3-1-2-4-8-9(7)12-6-5-11-8/h2-6H,1H2. The molecule has 0 aromatic carbocycles. The smallest absolute Gasteiger partial charge is 0.147 e. The molecule has 12 heavy (non-hydrogen) atoms. The number of halogens is 1. The first kappa shape index (κ1) is 7.16. The van der Waals surface area contributed by atoms with E-state index in [4.69, 9.17) is 0 Å². The first-order valence-electron chi connectivity index (χ1n) is 3.71. The predicted molar refractivity (Wildman–Crippen MR) is 44.8 cm³/mol. The summed E-state index contributed by atoms with van der Waals surface area (Å²) in [6, 6.07) is 0. The molecule has 1 aromatic heterocycles. The number of aromatic nitrogens is 2. The molecule has 0 saturated heterocycles. The second-order valence-corrected chi connectivity index (χ2v) is 2.48. The van der Waals surface area contributed by atoms with Crippen molar-refractivity contribution in [3.8, 4) is 0 Å². The summed E-state index contributed by atoms with van der Waals surface area (Å²) in [5, 5.41) is 0. The Morgan fingerprint density at radius 1 is 1.25 bits per heavy atom. The van der Waals surface area contributed by atoms with Crippen LogP contribution in [-0.2, 0) is 0 Å². The molecule has 0 saturated carbocycles. The molecule has 60 valence electrons. The van der Waals surface area contributed by atoms with E-state index in [2.05, 4.69) is 9.97 Å². The van der Waals surface area contributed by atoms with Gasteiger partial charge in [0.15, 0.2) is 0 Å². The zero-order valence-electron chi connectivity index (χ0n) is 6.37. The highest BCUT2D eigenvalue weighted by molar-refractivity contribution is 5.67. The summed E-state index contributed by atoms with van der Waals surface area (Å²) in [4.78, 5) is 7.90. The second kappa shape index (κ2) is 2.85. The van der Waals surface area contributed by atoms with Crippen LogP contribution >= 0.6 is 0 Å². The van der Waals surface area contributed by atoms with Crippen molar-refractivity contribution in [2.45, 2.75) is 6.42 Å². The van der Waals surface area contributed by atoms with Gasteiger partial charge in [-0.2, -0.15) is 0 Å². The largest absolute Gasteiger partial charge is 0.253 e. The van der Waals surface area contributed by atoms with Crippen molar-refractivity contribution in [3.63, 3.8) is 0 Å². The quantitative estimate of drug-likeness (QED) is 0.584. The summed E-state index contributed by atoms with van der Waals surface area (Å²) in [7, 11) is 0. The van der Waals surface area contributed by atoms with Gasteiger partial charge in [0.05, 0.1) is 5.69 Å². The third kappa shape index (κ3) is 1.13. The highest BCUT2D eigenvalue weighted by Gasteiger charge is 2.08. The molecule has 0 spiro atoms. The Morgan fingerprint density at radius 3 is 3.00 bits per heavy atom. The Bertz CT molecular complexity index is 355. The van der Waals surface area contributed by atoms with E-state index in [0.29, 0.717) is 17.8 Å². The Morgan fingerprint density at radius 2 is 2.08 bits per heavy atom. The number of rotatable bonds is 0. The fourth-order valence-corrected chi connectivity index (χ4v) is 1.10. The third-order valence-corrected chi connectivity index (χ3v) is 1.66. The van der Waals surface area contributed by atoms with E-state index in [1.807, 2.05) is 6.08 Å². The van der Waals surface area contributed by atoms with Crippen LogP contribution in [0.4, 0.5) is 4.39 Å². The van der Waals surface area contributed by atoms with Gasteiger partial charge in [-0.3, -0.25) is 4.98 Å². The van der Waals surface area contributed by atoms with E-state index < -0.39 is 0 Å². The van der Waals surface area contributed by atoms with E-state index in [-0.39, 0.29) is 5.83 Å². The maximum absolute atomic E-state index is 13.2. The monoisotopic (exact) mass is 162 g/mol. The van der Waals surface area contributed by atoms with Crippen LogP contribution < -0.4 is 0 Å². The lowest BCUT2D eigenvalue weighted by Gasteiger charge is -1.97.